The first kappa shape index (κ1) is 14.6. The van der Waals surface area contributed by atoms with Crippen molar-refractivity contribution in [3.05, 3.63) is 58.4 Å². The molecule has 3 heterocycles. The first-order valence-electron chi connectivity index (χ1n) is 8.08. The molecule has 23 heavy (non-hydrogen) atoms. The fraction of sp³-hybridized carbons (Fsp3) is 0.389. The van der Waals surface area contributed by atoms with Gasteiger partial charge in [-0.2, -0.15) is 0 Å². The van der Waals surface area contributed by atoms with E-state index < -0.39 is 0 Å². The highest BCUT2D eigenvalue weighted by molar-refractivity contribution is 5.58. The van der Waals surface area contributed by atoms with Gasteiger partial charge in [0.05, 0.1) is 18.8 Å². The maximum absolute atomic E-state index is 12.5. The van der Waals surface area contributed by atoms with Crippen LogP contribution in [-0.2, 0) is 11.3 Å². The molecule has 0 bridgehead atoms. The zero-order chi connectivity index (χ0) is 15.7. The van der Waals surface area contributed by atoms with E-state index in [0.29, 0.717) is 6.54 Å². The quantitative estimate of drug-likeness (QED) is 0.895. The Kier molecular flexibility index (Phi) is 3.77. The molecule has 5 nitrogen and oxygen atoms in total. The van der Waals surface area contributed by atoms with Gasteiger partial charge in [-0.1, -0.05) is 36.4 Å². The standard InChI is InChI=1S/C18H21N3O2/c22-17-15(6-7-16(20-17)14-4-2-1-3-5-14)10-21-9-8-19-11-18(21)12-23-13-18/h1-7,19H,8-13H2,(H,20,22). The fourth-order valence-electron chi connectivity index (χ4n) is 3.37. The third-order valence-electron chi connectivity index (χ3n) is 4.86. The molecule has 1 spiro atoms. The van der Waals surface area contributed by atoms with E-state index in [2.05, 4.69) is 15.2 Å². The van der Waals surface area contributed by atoms with E-state index in [1.165, 1.54) is 0 Å². The molecule has 0 unspecified atom stereocenters. The van der Waals surface area contributed by atoms with E-state index in [1.807, 2.05) is 42.5 Å². The summed E-state index contributed by atoms with van der Waals surface area (Å²) in [5, 5.41) is 3.43. The SMILES string of the molecule is O=c1[nH]c(-c2ccccc2)ccc1CN1CCNCC12COC2. The van der Waals surface area contributed by atoms with Gasteiger partial charge in [0.15, 0.2) is 0 Å². The molecule has 2 aromatic rings. The van der Waals surface area contributed by atoms with E-state index in [9.17, 15) is 4.79 Å². The topological polar surface area (TPSA) is 57.4 Å². The molecule has 1 aromatic heterocycles. The molecule has 120 valence electrons. The molecule has 2 fully saturated rings. The monoisotopic (exact) mass is 311 g/mol. The van der Waals surface area contributed by atoms with Crippen LogP contribution in [0.4, 0.5) is 0 Å². The van der Waals surface area contributed by atoms with Crippen molar-refractivity contribution in [1.29, 1.82) is 0 Å². The number of aromatic nitrogens is 1. The van der Waals surface area contributed by atoms with Gasteiger partial charge in [-0.3, -0.25) is 9.69 Å². The maximum Gasteiger partial charge on any atom is 0.252 e. The second-order valence-corrected chi connectivity index (χ2v) is 6.41. The Hall–Kier alpha value is -1.95. The van der Waals surface area contributed by atoms with E-state index in [4.69, 9.17) is 4.74 Å². The van der Waals surface area contributed by atoms with Crippen LogP contribution in [0.5, 0.6) is 0 Å². The van der Waals surface area contributed by atoms with Crippen LogP contribution in [0.2, 0.25) is 0 Å². The van der Waals surface area contributed by atoms with E-state index in [0.717, 1.165) is 49.7 Å². The Morgan fingerprint density at radius 2 is 1.96 bits per heavy atom. The minimum Gasteiger partial charge on any atom is -0.377 e. The van der Waals surface area contributed by atoms with Crippen molar-refractivity contribution in [3.8, 4) is 11.3 Å². The summed E-state index contributed by atoms with van der Waals surface area (Å²) in [7, 11) is 0. The molecular formula is C18H21N3O2. The maximum atomic E-state index is 12.5. The van der Waals surface area contributed by atoms with E-state index >= 15 is 0 Å². The zero-order valence-electron chi connectivity index (χ0n) is 13.0. The third-order valence-corrected chi connectivity index (χ3v) is 4.86. The molecule has 0 atom stereocenters. The second-order valence-electron chi connectivity index (χ2n) is 6.41. The largest absolute Gasteiger partial charge is 0.377 e. The predicted molar refractivity (Wildman–Crippen MR) is 89.3 cm³/mol. The number of hydrogen-bond donors (Lipinski definition) is 2. The summed E-state index contributed by atoms with van der Waals surface area (Å²) in [6, 6.07) is 13.9. The summed E-state index contributed by atoms with van der Waals surface area (Å²) in [5.41, 5.74) is 2.78. The van der Waals surface area contributed by atoms with Crippen molar-refractivity contribution in [3.63, 3.8) is 0 Å². The number of rotatable bonds is 3. The molecule has 2 aliphatic rings. The van der Waals surface area contributed by atoms with Gasteiger partial charge in [0.25, 0.3) is 5.56 Å². The summed E-state index contributed by atoms with van der Waals surface area (Å²) >= 11 is 0. The van der Waals surface area contributed by atoms with Crippen LogP contribution in [0.25, 0.3) is 11.3 Å². The number of H-pyrrole nitrogens is 1. The van der Waals surface area contributed by atoms with Crippen LogP contribution in [-0.4, -0.2) is 48.3 Å². The highest BCUT2D eigenvalue weighted by Gasteiger charge is 2.45. The Morgan fingerprint density at radius 1 is 1.13 bits per heavy atom. The average molecular weight is 311 g/mol. The van der Waals surface area contributed by atoms with Crippen LogP contribution in [0, 0.1) is 0 Å². The van der Waals surface area contributed by atoms with Gasteiger partial charge in [0.1, 0.15) is 0 Å². The number of ether oxygens (including phenoxy) is 1. The minimum atomic E-state index is 0.000257. The summed E-state index contributed by atoms with van der Waals surface area (Å²) in [6.45, 7) is 5.02. The normalized spacial score (nSPS) is 20.3. The van der Waals surface area contributed by atoms with Crippen molar-refractivity contribution in [2.45, 2.75) is 12.1 Å². The number of hydrogen-bond acceptors (Lipinski definition) is 4. The lowest BCUT2D eigenvalue weighted by atomic mass is 9.92. The summed E-state index contributed by atoms with van der Waals surface area (Å²) < 4.78 is 5.42. The van der Waals surface area contributed by atoms with Gasteiger partial charge >= 0.3 is 0 Å². The molecule has 5 heteroatoms. The smallest absolute Gasteiger partial charge is 0.252 e. The average Bonchev–Trinajstić information content (AvgIpc) is 2.56. The van der Waals surface area contributed by atoms with Crippen molar-refractivity contribution < 1.29 is 4.74 Å². The lowest BCUT2D eigenvalue weighted by Gasteiger charge is -2.52. The Labute approximate surface area is 135 Å². The number of nitrogens with one attached hydrogen (secondary N) is 2. The number of benzene rings is 1. The summed E-state index contributed by atoms with van der Waals surface area (Å²) in [4.78, 5) is 17.9. The zero-order valence-corrected chi connectivity index (χ0v) is 13.0. The molecule has 2 saturated heterocycles. The van der Waals surface area contributed by atoms with Gasteiger partial charge in [-0.05, 0) is 11.6 Å². The molecule has 1 aromatic carbocycles. The van der Waals surface area contributed by atoms with Crippen LogP contribution >= 0.6 is 0 Å². The van der Waals surface area contributed by atoms with Crippen LogP contribution in [0.15, 0.2) is 47.3 Å². The second kappa shape index (κ2) is 5.92. The molecule has 2 N–H and O–H groups in total. The molecule has 4 rings (SSSR count). The van der Waals surface area contributed by atoms with Crippen molar-refractivity contribution >= 4 is 0 Å². The van der Waals surface area contributed by atoms with E-state index in [1.54, 1.807) is 0 Å². The minimum absolute atomic E-state index is 0.000257. The van der Waals surface area contributed by atoms with Crippen LogP contribution in [0.3, 0.4) is 0 Å². The highest BCUT2D eigenvalue weighted by atomic mass is 16.5. The lowest BCUT2D eigenvalue weighted by Crippen LogP contribution is -2.70. The summed E-state index contributed by atoms with van der Waals surface area (Å²) in [5.74, 6) is 0. The van der Waals surface area contributed by atoms with Crippen molar-refractivity contribution in [1.82, 2.24) is 15.2 Å². The van der Waals surface area contributed by atoms with E-state index in [-0.39, 0.29) is 11.1 Å². The third kappa shape index (κ3) is 2.72. The van der Waals surface area contributed by atoms with Crippen molar-refractivity contribution in [2.24, 2.45) is 0 Å². The molecule has 0 radical (unpaired) electrons. The van der Waals surface area contributed by atoms with Gasteiger partial charge in [-0.15, -0.1) is 0 Å². The molecule has 0 saturated carbocycles. The van der Waals surface area contributed by atoms with Crippen LogP contribution in [0.1, 0.15) is 5.56 Å². The lowest BCUT2D eigenvalue weighted by molar-refractivity contribution is -0.151. The van der Waals surface area contributed by atoms with Gasteiger partial charge in [-0.25, -0.2) is 0 Å². The number of nitrogens with zero attached hydrogens (tertiary/aromatic N) is 1. The molecule has 2 aliphatic heterocycles. The molecule has 0 aliphatic carbocycles. The number of piperazine rings is 1. The Balaban J connectivity index is 1.57. The fourth-order valence-corrected chi connectivity index (χ4v) is 3.37. The first-order valence-corrected chi connectivity index (χ1v) is 8.08. The molecular weight excluding hydrogens is 290 g/mol. The Bertz CT molecular complexity index is 737. The number of aromatic amines is 1. The Morgan fingerprint density at radius 3 is 2.65 bits per heavy atom. The van der Waals surface area contributed by atoms with Gasteiger partial charge < -0.3 is 15.0 Å². The molecule has 0 amide bonds. The van der Waals surface area contributed by atoms with Crippen LogP contribution < -0.4 is 10.9 Å². The predicted octanol–water partition coefficient (Wildman–Crippen LogP) is 1.22. The number of pyridine rings is 1. The van der Waals surface area contributed by atoms with Gasteiger partial charge in [0.2, 0.25) is 0 Å². The van der Waals surface area contributed by atoms with Gasteiger partial charge in [0, 0.05) is 37.4 Å². The van der Waals surface area contributed by atoms with Crippen molar-refractivity contribution in [2.75, 3.05) is 32.8 Å². The first-order chi connectivity index (χ1) is 11.3. The highest BCUT2D eigenvalue weighted by Crippen LogP contribution is 2.27. The summed E-state index contributed by atoms with van der Waals surface area (Å²) in [6.07, 6.45) is 0.